The maximum atomic E-state index is 13.4. The maximum Gasteiger partial charge on any atom is 0.161 e. The van der Waals surface area contributed by atoms with Gasteiger partial charge in [-0.25, -0.2) is 13.2 Å². The molecule has 1 nitrogen and oxygen atoms in total. The van der Waals surface area contributed by atoms with Gasteiger partial charge >= 0.3 is 0 Å². The van der Waals surface area contributed by atoms with Crippen molar-refractivity contribution in [2.75, 3.05) is 6.54 Å². The number of hydrogen-bond acceptors (Lipinski definition) is 1. The number of hydrogen-bond donors (Lipinski definition) is 1. The molecule has 1 rings (SSSR count). The third-order valence-corrected chi connectivity index (χ3v) is 3.61. The van der Waals surface area contributed by atoms with Gasteiger partial charge in [-0.1, -0.05) is 51.9 Å². The lowest BCUT2D eigenvalue weighted by Gasteiger charge is -2.07. The highest BCUT2D eigenvalue weighted by molar-refractivity contribution is 5.19. The summed E-state index contributed by atoms with van der Waals surface area (Å²) in [4.78, 5) is 0. The molecule has 21 heavy (non-hydrogen) atoms. The highest BCUT2D eigenvalue weighted by Gasteiger charge is 2.08. The minimum absolute atomic E-state index is 0.175. The van der Waals surface area contributed by atoms with Crippen molar-refractivity contribution in [2.24, 2.45) is 0 Å². The average Bonchev–Trinajstić information content (AvgIpc) is 2.46. The van der Waals surface area contributed by atoms with Gasteiger partial charge in [-0.15, -0.1) is 0 Å². The molecule has 0 fully saturated rings. The fourth-order valence-corrected chi connectivity index (χ4v) is 2.31. The molecule has 0 radical (unpaired) electrons. The van der Waals surface area contributed by atoms with E-state index >= 15 is 0 Å². The van der Waals surface area contributed by atoms with Crippen molar-refractivity contribution in [1.82, 2.24) is 5.32 Å². The van der Waals surface area contributed by atoms with Gasteiger partial charge in [0.25, 0.3) is 0 Å². The number of unbranched alkanes of at least 4 members (excludes halogenated alkanes) is 7. The number of nitrogens with one attached hydrogen (secondary N) is 1. The summed E-state index contributed by atoms with van der Waals surface area (Å²) in [5.41, 5.74) is 0.175. The van der Waals surface area contributed by atoms with E-state index in [0.717, 1.165) is 25.5 Å². The molecule has 0 aliphatic heterocycles. The lowest BCUT2D eigenvalue weighted by molar-refractivity contribution is 0.485. The summed E-state index contributed by atoms with van der Waals surface area (Å²) in [7, 11) is 0. The Hall–Kier alpha value is -1.03. The summed E-state index contributed by atoms with van der Waals surface area (Å²) in [5, 5.41) is 3.07. The maximum absolute atomic E-state index is 13.4. The molecule has 0 spiro atoms. The largest absolute Gasteiger partial charge is 0.313 e. The summed E-state index contributed by atoms with van der Waals surface area (Å²) in [5.74, 6) is -2.84. The Kier molecular flexibility index (Phi) is 9.15. The molecule has 0 bridgehead atoms. The molecule has 0 saturated heterocycles. The second-order valence-electron chi connectivity index (χ2n) is 5.51. The van der Waals surface area contributed by atoms with E-state index in [2.05, 4.69) is 12.2 Å². The van der Waals surface area contributed by atoms with Crippen molar-refractivity contribution < 1.29 is 13.2 Å². The van der Waals surface area contributed by atoms with Gasteiger partial charge < -0.3 is 5.32 Å². The van der Waals surface area contributed by atoms with Crippen molar-refractivity contribution in [2.45, 2.75) is 64.8 Å². The predicted octanol–water partition coefficient (Wildman–Crippen LogP) is 5.33. The minimum atomic E-state index is -1.14. The Balaban J connectivity index is 2.05. The second kappa shape index (κ2) is 10.7. The zero-order chi connectivity index (χ0) is 15.5. The van der Waals surface area contributed by atoms with Crippen molar-refractivity contribution in [3.63, 3.8) is 0 Å². The molecule has 0 amide bonds. The van der Waals surface area contributed by atoms with Gasteiger partial charge in [0.1, 0.15) is 5.82 Å². The molecule has 0 atom stereocenters. The van der Waals surface area contributed by atoms with Crippen LogP contribution in [-0.2, 0) is 6.54 Å². The van der Waals surface area contributed by atoms with Crippen LogP contribution < -0.4 is 5.32 Å². The minimum Gasteiger partial charge on any atom is -0.313 e. The highest BCUT2D eigenvalue weighted by Crippen LogP contribution is 2.13. The molecule has 0 aromatic heterocycles. The average molecular weight is 301 g/mol. The molecular formula is C17H26F3N. The van der Waals surface area contributed by atoms with Gasteiger partial charge in [0.15, 0.2) is 11.6 Å². The van der Waals surface area contributed by atoms with E-state index in [1.807, 2.05) is 0 Å². The summed E-state index contributed by atoms with van der Waals surface area (Å²) in [6.07, 6.45) is 9.90. The monoisotopic (exact) mass is 301 g/mol. The van der Waals surface area contributed by atoms with Crippen LogP contribution in [0.5, 0.6) is 0 Å². The molecule has 0 aliphatic rings. The van der Waals surface area contributed by atoms with Crippen molar-refractivity contribution in [3.8, 4) is 0 Å². The quantitative estimate of drug-likeness (QED) is 0.430. The SMILES string of the molecule is CCCCCCCCCCNCc1cc(F)c(F)cc1F. The van der Waals surface area contributed by atoms with E-state index in [4.69, 9.17) is 0 Å². The van der Waals surface area contributed by atoms with E-state index in [1.165, 1.54) is 38.5 Å². The summed E-state index contributed by atoms with van der Waals surface area (Å²) in [6.45, 7) is 3.22. The summed E-state index contributed by atoms with van der Waals surface area (Å²) in [6, 6.07) is 1.52. The first-order valence-electron chi connectivity index (χ1n) is 7.99. The van der Waals surface area contributed by atoms with E-state index in [1.54, 1.807) is 0 Å². The lowest BCUT2D eigenvalue weighted by Crippen LogP contribution is -2.16. The zero-order valence-electron chi connectivity index (χ0n) is 12.9. The van der Waals surface area contributed by atoms with Crippen LogP contribution in [0, 0.1) is 17.5 Å². The van der Waals surface area contributed by atoms with Crippen LogP contribution in [0.4, 0.5) is 13.2 Å². The fourth-order valence-electron chi connectivity index (χ4n) is 2.31. The predicted molar refractivity (Wildman–Crippen MR) is 80.6 cm³/mol. The topological polar surface area (TPSA) is 12.0 Å². The molecule has 120 valence electrons. The zero-order valence-corrected chi connectivity index (χ0v) is 12.9. The molecule has 0 heterocycles. The first-order chi connectivity index (χ1) is 10.1. The fraction of sp³-hybridized carbons (Fsp3) is 0.647. The van der Waals surface area contributed by atoms with Gasteiger partial charge in [-0.2, -0.15) is 0 Å². The molecular weight excluding hydrogens is 275 g/mol. The molecule has 4 heteroatoms. The molecule has 0 aliphatic carbocycles. The van der Waals surface area contributed by atoms with Crippen LogP contribution in [-0.4, -0.2) is 6.54 Å². The molecule has 1 aromatic carbocycles. The van der Waals surface area contributed by atoms with Gasteiger partial charge in [-0.05, 0) is 19.0 Å². The third kappa shape index (κ3) is 7.51. The van der Waals surface area contributed by atoms with Crippen LogP contribution in [0.3, 0.4) is 0 Å². The van der Waals surface area contributed by atoms with Gasteiger partial charge in [-0.3, -0.25) is 0 Å². The van der Waals surface area contributed by atoms with Crippen molar-refractivity contribution >= 4 is 0 Å². The Labute approximate surface area is 125 Å². The molecule has 1 aromatic rings. The van der Waals surface area contributed by atoms with Crippen molar-refractivity contribution in [1.29, 1.82) is 0 Å². The Morgan fingerprint density at radius 1 is 0.762 bits per heavy atom. The van der Waals surface area contributed by atoms with Crippen LogP contribution in [0.15, 0.2) is 12.1 Å². The van der Waals surface area contributed by atoms with E-state index in [-0.39, 0.29) is 12.1 Å². The van der Waals surface area contributed by atoms with Gasteiger partial charge in [0, 0.05) is 18.2 Å². The molecule has 0 unspecified atom stereocenters. The van der Waals surface area contributed by atoms with Crippen LogP contribution in [0.1, 0.15) is 63.9 Å². The Morgan fingerprint density at radius 2 is 1.33 bits per heavy atom. The smallest absolute Gasteiger partial charge is 0.161 e. The van der Waals surface area contributed by atoms with Gasteiger partial charge in [0.2, 0.25) is 0 Å². The molecule has 0 saturated carbocycles. The number of halogens is 3. The van der Waals surface area contributed by atoms with Gasteiger partial charge in [0.05, 0.1) is 0 Å². The Morgan fingerprint density at radius 3 is 2.00 bits per heavy atom. The lowest BCUT2D eigenvalue weighted by atomic mass is 10.1. The molecule has 1 N–H and O–H groups in total. The van der Waals surface area contributed by atoms with E-state index < -0.39 is 17.5 Å². The first-order valence-corrected chi connectivity index (χ1v) is 7.99. The first kappa shape index (κ1) is 18.0. The summed E-state index contributed by atoms with van der Waals surface area (Å²) >= 11 is 0. The standard InChI is InChI=1S/C17H26F3N/c1-2-3-4-5-6-7-8-9-10-21-13-14-11-16(19)17(20)12-15(14)18/h11-12,21H,2-10,13H2,1H3. The van der Waals surface area contributed by atoms with Crippen LogP contribution in [0.2, 0.25) is 0 Å². The van der Waals surface area contributed by atoms with E-state index in [0.29, 0.717) is 6.07 Å². The number of rotatable bonds is 11. The second-order valence-corrected chi connectivity index (χ2v) is 5.51. The highest BCUT2D eigenvalue weighted by atomic mass is 19.2. The Bertz CT molecular complexity index is 407. The van der Waals surface area contributed by atoms with Crippen molar-refractivity contribution in [3.05, 3.63) is 35.1 Å². The normalized spacial score (nSPS) is 11.0. The third-order valence-electron chi connectivity index (χ3n) is 3.61. The van der Waals surface area contributed by atoms with Crippen LogP contribution >= 0.6 is 0 Å². The summed E-state index contributed by atoms with van der Waals surface area (Å²) < 4.78 is 39.1. The number of benzene rings is 1. The van der Waals surface area contributed by atoms with Crippen LogP contribution in [0.25, 0.3) is 0 Å². The van der Waals surface area contributed by atoms with E-state index in [9.17, 15) is 13.2 Å².